The maximum Gasteiger partial charge on any atom is 0.226 e. The summed E-state index contributed by atoms with van der Waals surface area (Å²) in [6, 6.07) is 15.9. The number of hydrogen-bond acceptors (Lipinski definition) is 5. The SMILES string of the molecule is COc1ccc2nc(-n3nc(C)c4c3NC(=O)C[C@@H]4c3ccccc3)sc2c1. The van der Waals surface area contributed by atoms with Crippen LogP contribution in [0.15, 0.2) is 48.5 Å². The van der Waals surface area contributed by atoms with Gasteiger partial charge in [-0.25, -0.2) is 4.98 Å². The Morgan fingerprint density at radius 3 is 2.82 bits per heavy atom. The van der Waals surface area contributed by atoms with Gasteiger partial charge in [0.1, 0.15) is 11.6 Å². The van der Waals surface area contributed by atoms with Crippen molar-refractivity contribution in [1.29, 1.82) is 0 Å². The summed E-state index contributed by atoms with van der Waals surface area (Å²) in [7, 11) is 1.65. The summed E-state index contributed by atoms with van der Waals surface area (Å²) in [5, 5.41) is 8.47. The summed E-state index contributed by atoms with van der Waals surface area (Å²) in [6.07, 6.45) is 0.417. The maximum absolute atomic E-state index is 12.5. The van der Waals surface area contributed by atoms with Crippen LogP contribution in [0.25, 0.3) is 15.3 Å². The van der Waals surface area contributed by atoms with Crippen LogP contribution in [0, 0.1) is 6.92 Å². The van der Waals surface area contributed by atoms with E-state index in [-0.39, 0.29) is 11.8 Å². The summed E-state index contributed by atoms with van der Waals surface area (Å²) in [6.45, 7) is 1.99. The largest absolute Gasteiger partial charge is 0.497 e. The number of amides is 1. The molecule has 2 aromatic heterocycles. The number of anilines is 1. The zero-order chi connectivity index (χ0) is 19.3. The van der Waals surface area contributed by atoms with Crippen molar-refractivity contribution >= 4 is 33.3 Å². The first-order valence-electron chi connectivity index (χ1n) is 9.03. The number of ether oxygens (including phenoxy) is 1. The van der Waals surface area contributed by atoms with Crippen molar-refractivity contribution in [2.24, 2.45) is 0 Å². The molecule has 1 aliphatic rings. The highest BCUT2D eigenvalue weighted by molar-refractivity contribution is 7.20. The summed E-state index contributed by atoms with van der Waals surface area (Å²) in [4.78, 5) is 17.2. The van der Waals surface area contributed by atoms with Crippen molar-refractivity contribution in [3.05, 3.63) is 65.4 Å². The fourth-order valence-electron chi connectivity index (χ4n) is 3.77. The number of nitrogens with one attached hydrogen (secondary N) is 1. The molecule has 4 aromatic rings. The van der Waals surface area contributed by atoms with E-state index in [0.717, 1.165) is 37.9 Å². The molecule has 28 heavy (non-hydrogen) atoms. The van der Waals surface area contributed by atoms with Crippen molar-refractivity contribution in [1.82, 2.24) is 14.8 Å². The van der Waals surface area contributed by atoms with Crippen LogP contribution in [0.5, 0.6) is 5.75 Å². The molecule has 0 saturated carbocycles. The Kier molecular flexibility index (Phi) is 3.91. The molecule has 0 bridgehead atoms. The maximum atomic E-state index is 12.5. The van der Waals surface area contributed by atoms with Gasteiger partial charge in [-0.05, 0) is 30.7 Å². The van der Waals surface area contributed by atoms with Crippen molar-refractivity contribution in [3.8, 4) is 10.9 Å². The molecule has 1 N–H and O–H groups in total. The molecule has 0 saturated heterocycles. The predicted octanol–water partition coefficient (Wildman–Crippen LogP) is 4.27. The highest BCUT2D eigenvalue weighted by Crippen LogP contribution is 2.41. The number of thiazole rings is 1. The van der Waals surface area contributed by atoms with Crippen LogP contribution in [0.2, 0.25) is 0 Å². The van der Waals surface area contributed by atoms with E-state index >= 15 is 0 Å². The number of aryl methyl sites for hydroxylation is 1. The Balaban J connectivity index is 1.66. The first-order valence-corrected chi connectivity index (χ1v) is 9.85. The number of rotatable bonds is 3. The van der Waals surface area contributed by atoms with Gasteiger partial charge in [-0.1, -0.05) is 41.7 Å². The second-order valence-corrected chi connectivity index (χ2v) is 7.81. The van der Waals surface area contributed by atoms with Crippen LogP contribution in [0.1, 0.15) is 29.2 Å². The van der Waals surface area contributed by atoms with E-state index in [9.17, 15) is 4.79 Å². The Morgan fingerprint density at radius 2 is 2.04 bits per heavy atom. The summed E-state index contributed by atoms with van der Waals surface area (Å²) in [5.74, 6) is 1.49. The number of carbonyl (C=O) groups is 1. The zero-order valence-electron chi connectivity index (χ0n) is 15.5. The summed E-state index contributed by atoms with van der Waals surface area (Å²) < 4.78 is 8.08. The van der Waals surface area contributed by atoms with Gasteiger partial charge in [0.25, 0.3) is 0 Å². The topological polar surface area (TPSA) is 69.0 Å². The third kappa shape index (κ3) is 2.66. The quantitative estimate of drug-likeness (QED) is 0.567. The van der Waals surface area contributed by atoms with Crippen molar-refractivity contribution in [2.75, 3.05) is 12.4 Å². The normalized spacial score (nSPS) is 16.1. The van der Waals surface area contributed by atoms with Gasteiger partial charge in [-0.2, -0.15) is 9.78 Å². The van der Waals surface area contributed by atoms with Crippen LogP contribution in [-0.4, -0.2) is 27.8 Å². The molecule has 5 rings (SSSR count). The molecule has 2 aromatic carbocycles. The van der Waals surface area contributed by atoms with Crippen molar-refractivity contribution in [2.45, 2.75) is 19.3 Å². The van der Waals surface area contributed by atoms with E-state index in [1.54, 1.807) is 11.8 Å². The fourth-order valence-corrected chi connectivity index (χ4v) is 4.72. The molecule has 1 atom stereocenters. The fraction of sp³-hybridized carbons (Fsp3) is 0.190. The average Bonchev–Trinajstić information content (AvgIpc) is 3.28. The second-order valence-electron chi connectivity index (χ2n) is 6.81. The Morgan fingerprint density at radius 1 is 1.21 bits per heavy atom. The standard InChI is InChI=1S/C21H18N4O2S/c1-12-19-15(13-6-4-3-5-7-13)11-18(26)23-20(19)25(24-12)21-22-16-9-8-14(27-2)10-17(16)28-21/h3-10,15H,11H2,1-2H3,(H,23,26)/t15-/m1/s1. The van der Waals surface area contributed by atoms with Gasteiger partial charge in [0, 0.05) is 17.9 Å². The lowest BCUT2D eigenvalue weighted by Crippen LogP contribution is -2.24. The minimum absolute atomic E-state index is 0.00632. The van der Waals surface area contributed by atoms with Gasteiger partial charge >= 0.3 is 0 Å². The monoisotopic (exact) mass is 390 g/mol. The predicted molar refractivity (Wildman–Crippen MR) is 110 cm³/mol. The second kappa shape index (κ2) is 6.45. The summed E-state index contributed by atoms with van der Waals surface area (Å²) in [5.41, 5.74) is 3.96. The molecule has 0 radical (unpaired) electrons. The van der Waals surface area contributed by atoms with E-state index in [2.05, 4.69) is 17.4 Å². The Labute approximate surface area is 165 Å². The van der Waals surface area contributed by atoms with Crippen LogP contribution in [0.4, 0.5) is 5.82 Å². The van der Waals surface area contributed by atoms with Crippen molar-refractivity contribution in [3.63, 3.8) is 0 Å². The van der Waals surface area contributed by atoms with Gasteiger partial charge in [0.15, 0.2) is 0 Å². The van der Waals surface area contributed by atoms with E-state index in [1.807, 2.05) is 43.3 Å². The first kappa shape index (κ1) is 16.9. The minimum Gasteiger partial charge on any atom is -0.497 e. The highest BCUT2D eigenvalue weighted by Gasteiger charge is 2.33. The molecule has 0 spiro atoms. The molecule has 6 nitrogen and oxygen atoms in total. The number of hydrogen-bond donors (Lipinski definition) is 1. The molecule has 0 aliphatic carbocycles. The van der Waals surface area contributed by atoms with Crippen LogP contribution >= 0.6 is 11.3 Å². The molecule has 140 valence electrons. The van der Waals surface area contributed by atoms with Gasteiger partial charge < -0.3 is 10.1 Å². The van der Waals surface area contributed by atoms with Gasteiger partial charge in [0.05, 0.1) is 23.0 Å². The average molecular weight is 390 g/mol. The van der Waals surface area contributed by atoms with Gasteiger partial charge in [-0.3, -0.25) is 4.79 Å². The molecule has 0 unspecified atom stereocenters. The number of methoxy groups -OCH3 is 1. The van der Waals surface area contributed by atoms with Gasteiger partial charge in [-0.15, -0.1) is 0 Å². The van der Waals surface area contributed by atoms with E-state index in [4.69, 9.17) is 14.8 Å². The Bertz CT molecular complexity index is 1200. The molecular formula is C21H18N4O2S. The lowest BCUT2D eigenvalue weighted by molar-refractivity contribution is -0.116. The minimum atomic E-state index is -0.00900. The molecular weight excluding hydrogens is 372 g/mol. The van der Waals surface area contributed by atoms with Crippen LogP contribution in [0.3, 0.4) is 0 Å². The lowest BCUT2D eigenvalue weighted by atomic mass is 9.86. The lowest BCUT2D eigenvalue weighted by Gasteiger charge is -2.24. The summed E-state index contributed by atoms with van der Waals surface area (Å²) >= 11 is 1.52. The molecule has 7 heteroatoms. The van der Waals surface area contributed by atoms with Crippen molar-refractivity contribution < 1.29 is 9.53 Å². The molecule has 3 heterocycles. The highest BCUT2D eigenvalue weighted by atomic mass is 32.1. The number of aromatic nitrogens is 3. The number of benzene rings is 2. The molecule has 1 amide bonds. The number of nitrogens with zero attached hydrogens (tertiary/aromatic N) is 3. The number of carbonyl (C=O) groups excluding carboxylic acids is 1. The molecule has 1 aliphatic heterocycles. The van der Waals surface area contributed by atoms with E-state index in [1.165, 1.54) is 11.3 Å². The van der Waals surface area contributed by atoms with Crippen LogP contribution in [-0.2, 0) is 4.79 Å². The zero-order valence-corrected chi connectivity index (χ0v) is 16.3. The molecule has 0 fully saturated rings. The van der Waals surface area contributed by atoms with Crippen LogP contribution < -0.4 is 10.1 Å². The third-order valence-electron chi connectivity index (χ3n) is 5.07. The third-order valence-corrected chi connectivity index (χ3v) is 6.06. The number of fused-ring (bicyclic) bond motifs is 2. The first-order chi connectivity index (χ1) is 13.6. The van der Waals surface area contributed by atoms with E-state index < -0.39 is 0 Å². The Hall–Kier alpha value is -3.19. The van der Waals surface area contributed by atoms with Gasteiger partial charge in [0.2, 0.25) is 11.0 Å². The van der Waals surface area contributed by atoms with E-state index in [0.29, 0.717) is 12.2 Å². The smallest absolute Gasteiger partial charge is 0.226 e.